The number of allylic oxidation sites excluding steroid dienone is 2. The summed E-state index contributed by atoms with van der Waals surface area (Å²) in [7, 11) is 0. The number of aromatic nitrogens is 1. The number of rotatable bonds is 1. The van der Waals surface area contributed by atoms with Gasteiger partial charge in [-0.2, -0.15) is 0 Å². The number of fused-ring (bicyclic) bond motifs is 5. The summed E-state index contributed by atoms with van der Waals surface area (Å²) in [5.74, 6) is 0. The molecule has 0 amide bonds. The molecule has 3 aromatic rings. The molecule has 0 radical (unpaired) electrons. The summed E-state index contributed by atoms with van der Waals surface area (Å²) in [6, 6.07) is 8.48. The molecule has 0 unspecified atom stereocenters. The highest BCUT2D eigenvalue weighted by Crippen LogP contribution is 2.32. The maximum atomic E-state index is 6.47. The van der Waals surface area contributed by atoms with Crippen molar-refractivity contribution in [3.8, 4) is 0 Å². The lowest BCUT2D eigenvalue weighted by Crippen LogP contribution is -2.18. The zero-order valence-electron chi connectivity index (χ0n) is 11.1. The second-order valence-corrected chi connectivity index (χ2v) is 5.95. The summed E-state index contributed by atoms with van der Waals surface area (Å²) in [6.45, 7) is 2.20. The average Bonchev–Trinajstić information content (AvgIpc) is 2.97. The third kappa shape index (κ3) is 1.45. The highest BCUT2D eigenvalue weighted by molar-refractivity contribution is 6.57. The van der Waals surface area contributed by atoms with E-state index in [4.69, 9.17) is 23.2 Å². The van der Waals surface area contributed by atoms with E-state index in [1.807, 2.05) is 6.08 Å². The van der Waals surface area contributed by atoms with Crippen LogP contribution >= 0.6 is 23.2 Å². The van der Waals surface area contributed by atoms with Crippen molar-refractivity contribution in [1.82, 2.24) is 4.40 Å². The highest BCUT2D eigenvalue weighted by Gasteiger charge is 2.21. The Balaban J connectivity index is 2.31. The Kier molecular flexibility index (Phi) is 2.63. The molecule has 0 aliphatic heterocycles. The molecule has 0 fully saturated rings. The lowest BCUT2D eigenvalue weighted by Gasteiger charge is -2.07. The minimum absolute atomic E-state index is 0.659. The van der Waals surface area contributed by atoms with Crippen LogP contribution in [0.4, 0.5) is 0 Å². The Hall–Kier alpha value is -1.44. The lowest BCUT2D eigenvalue weighted by atomic mass is 10.0. The predicted molar refractivity (Wildman–Crippen MR) is 86.4 cm³/mol. The fourth-order valence-corrected chi connectivity index (χ4v) is 3.76. The Labute approximate surface area is 127 Å². The van der Waals surface area contributed by atoms with Crippen LogP contribution in [0.25, 0.3) is 21.3 Å². The number of hydrogen-bond donors (Lipinski definition) is 0. The van der Waals surface area contributed by atoms with Gasteiger partial charge in [-0.05, 0) is 24.0 Å². The van der Waals surface area contributed by atoms with Crippen LogP contribution in [0.15, 0.2) is 41.6 Å². The number of aryl methyl sites for hydroxylation is 1. The first-order valence-electron chi connectivity index (χ1n) is 6.81. The first-order chi connectivity index (χ1) is 9.72. The van der Waals surface area contributed by atoms with Gasteiger partial charge in [-0.25, -0.2) is 0 Å². The van der Waals surface area contributed by atoms with Crippen molar-refractivity contribution in [3.63, 3.8) is 0 Å². The largest absolute Gasteiger partial charge is 0.314 e. The molecule has 2 heterocycles. The van der Waals surface area contributed by atoms with Crippen LogP contribution in [0.3, 0.4) is 0 Å². The average molecular weight is 302 g/mol. The topological polar surface area (TPSA) is 4.41 Å². The maximum absolute atomic E-state index is 6.47. The third-order valence-corrected chi connectivity index (χ3v) is 4.98. The van der Waals surface area contributed by atoms with Gasteiger partial charge < -0.3 is 4.40 Å². The second kappa shape index (κ2) is 4.28. The van der Waals surface area contributed by atoms with Crippen LogP contribution in [-0.4, -0.2) is 4.40 Å². The zero-order valence-corrected chi connectivity index (χ0v) is 12.6. The monoisotopic (exact) mass is 301 g/mol. The minimum atomic E-state index is 0.659. The van der Waals surface area contributed by atoms with Crippen molar-refractivity contribution < 1.29 is 0 Å². The number of hydrogen-bond acceptors (Lipinski definition) is 0. The number of nitrogens with zero attached hydrogens (tertiary/aromatic N) is 1. The molecule has 0 saturated carbocycles. The summed E-state index contributed by atoms with van der Waals surface area (Å²) in [5.41, 5.74) is 3.99. The van der Waals surface area contributed by atoms with E-state index in [-0.39, 0.29) is 0 Å². The molecule has 1 aliphatic rings. The van der Waals surface area contributed by atoms with E-state index in [0.717, 1.165) is 18.2 Å². The van der Waals surface area contributed by atoms with Crippen molar-refractivity contribution >= 4 is 44.5 Å². The summed E-state index contributed by atoms with van der Waals surface area (Å²) < 4.78 is 2.22. The smallest absolute Gasteiger partial charge is 0.0832 e. The normalized spacial score (nSPS) is 14.9. The molecular formula is C17H13Cl2N. The van der Waals surface area contributed by atoms with Crippen LogP contribution < -0.4 is 5.35 Å². The van der Waals surface area contributed by atoms with E-state index in [0.29, 0.717) is 10.1 Å². The fraction of sp³-hybridized carbons (Fsp3) is 0.176. The predicted octanol–water partition coefficient (Wildman–Crippen LogP) is 4.40. The Morgan fingerprint density at radius 2 is 2.00 bits per heavy atom. The van der Waals surface area contributed by atoms with Crippen LogP contribution in [0.2, 0.25) is 0 Å². The van der Waals surface area contributed by atoms with Gasteiger partial charge in [-0.15, -0.1) is 0 Å². The molecule has 0 N–H and O–H groups in total. The van der Waals surface area contributed by atoms with E-state index in [9.17, 15) is 0 Å². The van der Waals surface area contributed by atoms with Crippen LogP contribution in [-0.2, 0) is 12.8 Å². The van der Waals surface area contributed by atoms with Gasteiger partial charge in [0.05, 0.1) is 20.9 Å². The first-order valence-corrected chi connectivity index (χ1v) is 7.57. The van der Waals surface area contributed by atoms with E-state index < -0.39 is 0 Å². The standard InChI is InChI=1S/C17H13Cl2N/c1-2-11-13-7-8-14(18)15(19)17(13)20-9-10-5-3-4-6-12(10)16(11)20/h3-6,8-9H,2,7H2,1H3. The molecule has 1 aromatic carbocycles. The SMILES string of the molecule is CCc1c2c(n3cc4ccccc4c13)=C(Cl)C(Cl)=CC2. The van der Waals surface area contributed by atoms with Crippen LogP contribution in [0.5, 0.6) is 0 Å². The van der Waals surface area contributed by atoms with Gasteiger partial charge in [0.1, 0.15) is 0 Å². The van der Waals surface area contributed by atoms with Crippen molar-refractivity contribution in [2.75, 3.05) is 0 Å². The molecular weight excluding hydrogens is 289 g/mol. The van der Waals surface area contributed by atoms with E-state index in [1.54, 1.807) is 0 Å². The molecule has 0 bridgehead atoms. The van der Waals surface area contributed by atoms with Gasteiger partial charge in [0.15, 0.2) is 0 Å². The van der Waals surface area contributed by atoms with Crippen molar-refractivity contribution in [1.29, 1.82) is 0 Å². The molecule has 1 aliphatic carbocycles. The molecule has 100 valence electrons. The Bertz CT molecular complexity index is 931. The molecule has 4 rings (SSSR count). The van der Waals surface area contributed by atoms with Gasteiger partial charge in [0, 0.05) is 17.0 Å². The van der Waals surface area contributed by atoms with Gasteiger partial charge >= 0.3 is 0 Å². The van der Waals surface area contributed by atoms with E-state index >= 15 is 0 Å². The van der Waals surface area contributed by atoms with E-state index in [1.165, 1.54) is 27.4 Å². The van der Waals surface area contributed by atoms with Crippen LogP contribution in [0.1, 0.15) is 18.1 Å². The number of benzene rings is 1. The zero-order chi connectivity index (χ0) is 13.9. The molecule has 2 aromatic heterocycles. The van der Waals surface area contributed by atoms with Crippen molar-refractivity contribution in [2.24, 2.45) is 0 Å². The molecule has 1 nitrogen and oxygen atoms in total. The highest BCUT2D eigenvalue weighted by atomic mass is 35.5. The quantitative estimate of drug-likeness (QED) is 0.627. The summed E-state index contributed by atoms with van der Waals surface area (Å²) in [4.78, 5) is 0. The Morgan fingerprint density at radius 3 is 2.80 bits per heavy atom. The maximum Gasteiger partial charge on any atom is 0.0832 e. The molecule has 20 heavy (non-hydrogen) atoms. The molecule has 3 heteroatoms. The lowest BCUT2D eigenvalue weighted by molar-refractivity contribution is 1.08. The summed E-state index contributed by atoms with van der Waals surface area (Å²) in [6.07, 6.45) is 6.04. The second-order valence-electron chi connectivity index (χ2n) is 5.16. The van der Waals surface area contributed by atoms with E-state index in [2.05, 4.69) is 41.8 Å². The number of halogens is 2. The fourth-order valence-electron chi connectivity index (χ4n) is 3.31. The van der Waals surface area contributed by atoms with Gasteiger partial charge in [0.2, 0.25) is 0 Å². The first kappa shape index (κ1) is 12.3. The molecule has 0 saturated heterocycles. The summed E-state index contributed by atoms with van der Waals surface area (Å²) in [5, 5.41) is 4.93. The molecule has 0 spiro atoms. The molecule has 0 atom stereocenters. The minimum Gasteiger partial charge on any atom is -0.314 e. The summed E-state index contributed by atoms with van der Waals surface area (Å²) >= 11 is 12.7. The van der Waals surface area contributed by atoms with Crippen molar-refractivity contribution in [2.45, 2.75) is 19.8 Å². The van der Waals surface area contributed by atoms with Gasteiger partial charge in [-0.3, -0.25) is 0 Å². The third-order valence-electron chi connectivity index (χ3n) is 4.16. The van der Waals surface area contributed by atoms with Crippen LogP contribution in [0, 0.1) is 0 Å². The van der Waals surface area contributed by atoms with Gasteiger partial charge in [-0.1, -0.05) is 60.5 Å². The Morgan fingerprint density at radius 1 is 1.20 bits per heavy atom. The van der Waals surface area contributed by atoms with Gasteiger partial charge in [0.25, 0.3) is 0 Å². The van der Waals surface area contributed by atoms with Crippen molar-refractivity contribution in [3.05, 3.63) is 58.0 Å².